The van der Waals surface area contributed by atoms with Crippen LogP contribution in [-0.2, 0) is 20.7 Å². The molecule has 0 saturated carbocycles. The first-order valence-electron chi connectivity index (χ1n) is 12.8. The Balaban J connectivity index is 1.32. The molecule has 1 heterocycles. The monoisotopic (exact) mass is 519 g/mol. The summed E-state index contributed by atoms with van der Waals surface area (Å²) in [5, 5.41) is 12.7. The maximum Gasteiger partial charge on any atom is 0.407 e. The molecule has 1 aliphatic carbocycles. The Hall–Kier alpha value is -4.70. The molecule has 5 rings (SSSR count). The fourth-order valence-electron chi connectivity index (χ4n) is 4.94. The van der Waals surface area contributed by atoms with E-state index in [1.807, 2.05) is 42.5 Å². The number of aromatic nitrogens is 1. The maximum atomic E-state index is 13.1. The van der Waals surface area contributed by atoms with Crippen LogP contribution in [0.15, 0.2) is 79.0 Å². The molecule has 0 fully saturated rings. The van der Waals surface area contributed by atoms with E-state index in [0.717, 1.165) is 33.2 Å². The van der Waals surface area contributed by atoms with Crippen LogP contribution in [0.2, 0.25) is 0 Å². The van der Waals surface area contributed by atoms with Crippen LogP contribution in [-0.4, -0.2) is 35.3 Å². The predicted octanol–water partition coefficient (Wildman–Crippen LogP) is 5.90. The first-order valence-corrected chi connectivity index (χ1v) is 12.8. The number of benzene rings is 3. The highest BCUT2D eigenvalue weighted by molar-refractivity contribution is 5.84. The number of hydrogen-bond donors (Lipinski definition) is 1. The number of ether oxygens (including phenoxy) is 2. The number of carbonyl (C=O) groups is 2. The highest BCUT2D eigenvalue weighted by Gasteiger charge is 2.31. The number of carbonyl (C=O) groups excluding carboxylic acids is 2. The van der Waals surface area contributed by atoms with Gasteiger partial charge in [-0.2, -0.15) is 5.26 Å². The number of rotatable bonds is 6. The lowest BCUT2D eigenvalue weighted by molar-refractivity contribution is -0.157. The van der Waals surface area contributed by atoms with Crippen molar-refractivity contribution in [2.24, 2.45) is 0 Å². The highest BCUT2D eigenvalue weighted by Crippen LogP contribution is 2.44. The van der Waals surface area contributed by atoms with Crippen LogP contribution >= 0.6 is 0 Å². The predicted molar refractivity (Wildman–Crippen MR) is 148 cm³/mol. The topological polar surface area (TPSA) is 101 Å². The van der Waals surface area contributed by atoms with Gasteiger partial charge in [0.05, 0.1) is 11.1 Å². The molecule has 1 aliphatic rings. The van der Waals surface area contributed by atoms with Gasteiger partial charge in [-0.3, -0.25) is 4.98 Å². The van der Waals surface area contributed by atoms with Crippen LogP contribution in [0.25, 0.3) is 22.0 Å². The molecule has 196 valence electrons. The Morgan fingerprint density at radius 1 is 1.00 bits per heavy atom. The van der Waals surface area contributed by atoms with Crippen molar-refractivity contribution < 1.29 is 19.1 Å². The summed E-state index contributed by atoms with van der Waals surface area (Å²) in [7, 11) is 0. The lowest BCUT2D eigenvalue weighted by Gasteiger charge is -2.25. The minimum absolute atomic E-state index is 0.0898. The molecule has 1 amide bonds. The summed E-state index contributed by atoms with van der Waals surface area (Å²) < 4.78 is 11.3. The van der Waals surface area contributed by atoms with E-state index in [1.54, 1.807) is 26.8 Å². The molecular formula is C32H29N3O4. The third-order valence-corrected chi connectivity index (χ3v) is 6.64. The van der Waals surface area contributed by atoms with E-state index in [4.69, 9.17) is 14.7 Å². The Morgan fingerprint density at radius 2 is 1.67 bits per heavy atom. The van der Waals surface area contributed by atoms with Crippen LogP contribution < -0.4 is 5.32 Å². The maximum absolute atomic E-state index is 13.1. The van der Waals surface area contributed by atoms with Gasteiger partial charge in [0.15, 0.2) is 0 Å². The number of amides is 1. The largest absolute Gasteiger partial charge is 0.458 e. The van der Waals surface area contributed by atoms with E-state index in [9.17, 15) is 9.59 Å². The van der Waals surface area contributed by atoms with Crippen molar-refractivity contribution in [1.82, 2.24) is 10.3 Å². The first kappa shape index (κ1) is 25.9. The Bertz CT molecular complexity index is 1550. The fraction of sp³-hybridized carbons (Fsp3) is 0.250. The van der Waals surface area contributed by atoms with Crippen molar-refractivity contribution in [2.45, 2.75) is 44.8 Å². The molecule has 7 heteroatoms. The number of nitrogens with zero attached hydrogens (tertiary/aromatic N) is 2. The Morgan fingerprint density at radius 3 is 2.31 bits per heavy atom. The number of pyridine rings is 1. The zero-order chi connectivity index (χ0) is 27.6. The van der Waals surface area contributed by atoms with Gasteiger partial charge in [-0.05, 0) is 60.7 Å². The summed E-state index contributed by atoms with van der Waals surface area (Å²) in [5.74, 6) is -0.642. The standard InChI is InChI=1S/C32H29N3O4/c1-32(2,3)39-30(36)29(16-20-12-13-22-14-21(17-33)18-34-28(22)15-20)35-31(37)38-19-27-25-10-6-4-8-23(25)24-9-5-7-11-26(24)27/h4-15,18,27,29H,16,19H2,1-3H3,(H,35,37)/t29-/m0/s1. The van der Waals surface area contributed by atoms with Gasteiger partial charge in [0, 0.05) is 23.9 Å². The summed E-state index contributed by atoms with van der Waals surface area (Å²) >= 11 is 0. The second-order valence-corrected chi connectivity index (χ2v) is 10.6. The van der Waals surface area contributed by atoms with Gasteiger partial charge in [-0.15, -0.1) is 0 Å². The molecule has 0 unspecified atom stereocenters. The average Bonchev–Trinajstić information content (AvgIpc) is 3.24. The molecule has 1 N–H and O–H groups in total. The fourth-order valence-corrected chi connectivity index (χ4v) is 4.94. The second-order valence-electron chi connectivity index (χ2n) is 10.6. The average molecular weight is 520 g/mol. The highest BCUT2D eigenvalue weighted by atomic mass is 16.6. The molecule has 3 aromatic carbocycles. The number of esters is 1. The molecular weight excluding hydrogens is 490 g/mol. The van der Waals surface area contributed by atoms with Crippen molar-refractivity contribution in [3.05, 3.63) is 101 Å². The summed E-state index contributed by atoms with van der Waals surface area (Å²) in [5.41, 5.74) is 5.72. The van der Waals surface area contributed by atoms with Crippen LogP contribution in [0, 0.1) is 11.3 Å². The van der Waals surface area contributed by atoms with Gasteiger partial charge in [0.1, 0.15) is 24.3 Å². The minimum Gasteiger partial charge on any atom is -0.458 e. The molecule has 0 aliphatic heterocycles. The third-order valence-electron chi connectivity index (χ3n) is 6.64. The third kappa shape index (κ3) is 5.75. The summed E-state index contributed by atoms with van der Waals surface area (Å²) in [6, 6.07) is 24.6. The van der Waals surface area contributed by atoms with Gasteiger partial charge in [0.2, 0.25) is 0 Å². The molecule has 1 aromatic heterocycles. The number of alkyl carbamates (subject to hydrolysis) is 1. The quantitative estimate of drug-likeness (QED) is 0.318. The van der Waals surface area contributed by atoms with Crippen molar-refractivity contribution in [3.8, 4) is 17.2 Å². The zero-order valence-electron chi connectivity index (χ0n) is 22.1. The molecule has 39 heavy (non-hydrogen) atoms. The zero-order valence-corrected chi connectivity index (χ0v) is 22.1. The van der Waals surface area contributed by atoms with E-state index >= 15 is 0 Å². The summed E-state index contributed by atoms with van der Waals surface area (Å²) in [6.07, 6.45) is 1.01. The van der Waals surface area contributed by atoms with E-state index < -0.39 is 23.7 Å². The van der Waals surface area contributed by atoms with E-state index in [0.29, 0.717) is 11.1 Å². The SMILES string of the molecule is CC(C)(C)OC(=O)[C@H](Cc1ccc2cc(C#N)cnc2c1)NC(=O)OCC1c2ccccc2-c2ccccc21. The van der Waals surface area contributed by atoms with E-state index in [-0.39, 0.29) is 18.9 Å². The molecule has 0 radical (unpaired) electrons. The Labute approximate surface area is 227 Å². The van der Waals surface area contributed by atoms with Crippen LogP contribution in [0.4, 0.5) is 4.79 Å². The van der Waals surface area contributed by atoms with Gasteiger partial charge in [0.25, 0.3) is 0 Å². The number of fused-ring (bicyclic) bond motifs is 4. The molecule has 0 saturated heterocycles. The van der Waals surface area contributed by atoms with Crippen LogP contribution in [0.3, 0.4) is 0 Å². The summed E-state index contributed by atoms with van der Waals surface area (Å²) in [6.45, 7) is 5.48. The smallest absolute Gasteiger partial charge is 0.407 e. The molecule has 0 bridgehead atoms. The summed E-state index contributed by atoms with van der Waals surface area (Å²) in [4.78, 5) is 30.4. The first-order chi connectivity index (χ1) is 18.7. The van der Waals surface area contributed by atoms with Crippen LogP contribution in [0.1, 0.15) is 48.9 Å². The van der Waals surface area contributed by atoms with Crippen molar-refractivity contribution in [3.63, 3.8) is 0 Å². The van der Waals surface area contributed by atoms with E-state index in [2.05, 4.69) is 40.6 Å². The second kappa shape index (κ2) is 10.6. The van der Waals surface area contributed by atoms with E-state index in [1.165, 1.54) is 6.20 Å². The lowest BCUT2D eigenvalue weighted by Crippen LogP contribution is -2.46. The lowest BCUT2D eigenvalue weighted by atomic mass is 9.98. The molecule has 4 aromatic rings. The molecule has 7 nitrogen and oxygen atoms in total. The number of nitrogens with one attached hydrogen (secondary N) is 1. The van der Waals surface area contributed by atoms with Crippen molar-refractivity contribution in [2.75, 3.05) is 6.61 Å². The van der Waals surface area contributed by atoms with Crippen LogP contribution in [0.5, 0.6) is 0 Å². The van der Waals surface area contributed by atoms with Gasteiger partial charge >= 0.3 is 12.1 Å². The normalized spacial score (nSPS) is 13.2. The minimum atomic E-state index is -0.962. The van der Waals surface area contributed by atoms with Gasteiger partial charge < -0.3 is 14.8 Å². The number of hydrogen-bond acceptors (Lipinski definition) is 6. The molecule has 0 spiro atoms. The van der Waals surface area contributed by atoms with Gasteiger partial charge in [-0.1, -0.05) is 60.7 Å². The van der Waals surface area contributed by atoms with Crippen molar-refractivity contribution in [1.29, 1.82) is 5.26 Å². The van der Waals surface area contributed by atoms with Crippen molar-refractivity contribution >= 4 is 23.0 Å². The Kier molecular flexibility index (Phi) is 7.03. The van der Waals surface area contributed by atoms with Gasteiger partial charge in [-0.25, -0.2) is 9.59 Å². The molecule has 1 atom stereocenters. The number of nitriles is 1.